The first-order valence-corrected chi connectivity index (χ1v) is 5.89. The molecule has 3 N–H and O–H groups in total. The Morgan fingerprint density at radius 2 is 2.38 bits per heavy atom. The van der Waals surface area contributed by atoms with Crippen molar-refractivity contribution in [3.63, 3.8) is 0 Å². The third-order valence-corrected chi connectivity index (χ3v) is 3.18. The van der Waals surface area contributed by atoms with E-state index in [0.29, 0.717) is 6.04 Å². The highest BCUT2D eigenvalue weighted by Gasteiger charge is 2.27. The highest BCUT2D eigenvalue weighted by atomic mass is 16.3. The first-order chi connectivity index (χ1) is 7.72. The molecule has 90 valence electrons. The summed E-state index contributed by atoms with van der Waals surface area (Å²) in [6, 6.07) is 0.559. The lowest BCUT2D eigenvalue weighted by Crippen LogP contribution is -2.41. The molecule has 5 heteroatoms. The van der Waals surface area contributed by atoms with Crippen LogP contribution in [0.2, 0.25) is 0 Å². The summed E-state index contributed by atoms with van der Waals surface area (Å²) in [5.74, 6) is 0.876. The molecule has 0 spiro atoms. The highest BCUT2D eigenvalue weighted by molar-refractivity contribution is 5.62. The molecule has 5 nitrogen and oxygen atoms in total. The molecule has 16 heavy (non-hydrogen) atoms. The molecule has 0 amide bonds. The number of rotatable bonds is 5. The molecule has 0 atom stereocenters. The van der Waals surface area contributed by atoms with Crippen molar-refractivity contribution in [1.82, 2.24) is 9.78 Å². The molecule has 1 aliphatic carbocycles. The number of nitrogens with two attached hydrogens (primary N) is 1. The maximum absolute atomic E-state index is 8.93. The van der Waals surface area contributed by atoms with Crippen LogP contribution in [0.3, 0.4) is 0 Å². The van der Waals surface area contributed by atoms with E-state index in [4.69, 9.17) is 10.8 Å². The number of nitrogens with zero attached hydrogens (tertiary/aromatic N) is 3. The Balaban J connectivity index is 2.13. The van der Waals surface area contributed by atoms with Gasteiger partial charge in [-0.15, -0.1) is 0 Å². The Kier molecular flexibility index (Phi) is 3.33. The fourth-order valence-electron chi connectivity index (χ4n) is 2.12. The summed E-state index contributed by atoms with van der Waals surface area (Å²) in [6.45, 7) is 1.05. The highest BCUT2D eigenvalue weighted by Crippen LogP contribution is 2.31. The minimum atomic E-state index is 0.218. The van der Waals surface area contributed by atoms with E-state index in [2.05, 4.69) is 10.00 Å². The number of anilines is 2. The average molecular weight is 224 g/mol. The summed E-state index contributed by atoms with van der Waals surface area (Å²) in [4.78, 5) is 2.25. The summed E-state index contributed by atoms with van der Waals surface area (Å²) >= 11 is 0. The van der Waals surface area contributed by atoms with E-state index in [9.17, 15) is 0 Å². The van der Waals surface area contributed by atoms with E-state index >= 15 is 0 Å². The van der Waals surface area contributed by atoms with Gasteiger partial charge in [-0.1, -0.05) is 0 Å². The van der Waals surface area contributed by atoms with Crippen LogP contribution in [0.1, 0.15) is 25.7 Å². The lowest BCUT2D eigenvalue weighted by molar-refractivity contribution is 0.282. The number of aromatic nitrogens is 2. The lowest BCUT2D eigenvalue weighted by Gasteiger charge is -2.38. The average Bonchev–Trinajstić information content (AvgIpc) is 2.49. The Labute approximate surface area is 95.8 Å². The van der Waals surface area contributed by atoms with Gasteiger partial charge >= 0.3 is 0 Å². The van der Waals surface area contributed by atoms with Gasteiger partial charge in [0.05, 0.1) is 5.69 Å². The van der Waals surface area contributed by atoms with Gasteiger partial charge in [-0.05, 0) is 25.7 Å². The maximum atomic E-state index is 8.93. The summed E-state index contributed by atoms with van der Waals surface area (Å²) < 4.78 is 1.75. The van der Waals surface area contributed by atoms with Crippen molar-refractivity contribution in [3.8, 4) is 0 Å². The molecular weight excluding hydrogens is 204 g/mol. The number of hydrogen-bond donors (Lipinski definition) is 2. The predicted octanol–water partition coefficient (Wildman–Crippen LogP) is 0.744. The zero-order chi connectivity index (χ0) is 11.5. The third-order valence-electron chi connectivity index (χ3n) is 3.18. The quantitative estimate of drug-likeness (QED) is 0.774. The standard InChI is InChI=1S/C11H20N4O/c1-14-8-10(12)11(13-14)15(6-3-7-16)9-4-2-5-9/h8-9,16H,2-7,12H2,1H3. The molecule has 0 bridgehead atoms. The summed E-state index contributed by atoms with van der Waals surface area (Å²) in [7, 11) is 1.88. The van der Waals surface area contributed by atoms with Gasteiger partial charge < -0.3 is 15.7 Å². The number of aryl methyl sites for hydroxylation is 1. The fourth-order valence-corrected chi connectivity index (χ4v) is 2.12. The van der Waals surface area contributed by atoms with Crippen molar-refractivity contribution in [2.24, 2.45) is 7.05 Å². The van der Waals surface area contributed by atoms with Crippen LogP contribution in [-0.2, 0) is 7.05 Å². The topological polar surface area (TPSA) is 67.3 Å². The maximum Gasteiger partial charge on any atom is 0.174 e. The van der Waals surface area contributed by atoms with Crippen molar-refractivity contribution < 1.29 is 5.11 Å². The van der Waals surface area contributed by atoms with Crippen molar-refractivity contribution in [1.29, 1.82) is 0 Å². The second-order valence-corrected chi connectivity index (χ2v) is 4.44. The number of hydrogen-bond acceptors (Lipinski definition) is 4. The summed E-state index contributed by atoms with van der Waals surface area (Å²) in [5.41, 5.74) is 6.67. The van der Waals surface area contributed by atoms with Gasteiger partial charge in [0, 0.05) is 32.4 Å². The molecule has 1 aromatic rings. The van der Waals surface area contributed by atoms with Gasteiger partial charge in [0.25, 0.3) is 0 Å². The van der Waals surface area contributed by atoms with E-state index < -0.39 is 0 Å². The van der Waals surface area contributed by atoms with Gasteiger partial charge in [-0.2, -0.15) is 5.10 Å². The minimum Gasteiger partial charge on any atom is -0.396 e. The van der Waals surface area contributed by atoms with E-state index in [-0.39, 0.29) is 6.61 Å². The van der Waals surface area contributed by atoms with Gasteiger partial charge in [0.1, 0.15) is 0 Å². The molecule has 1 heterocycles. The van der Waals surface area contributed by atoms with Gasteiger partial charge in [0.2, 0.25) is 0 Å². The molecule has 1 saturated carbocycles. The zero-order valence-corrected chi connectivity index (χ0v) is 9.76. The molecule has 1 aromatic heterocycles. The molecule has 0 aromatic carbocycles. The zero-order valence-electron chi connectivity index (χ0n) is 9.76. The minimum absolute atomic E-state index is 0.218. The first-order valence-electron chi connectivity index (χ1n) is 5.89. The van der Waals surface area contributed by atoms with Crippen molar-refractivity contribution in [2.45, 2.75) is 31.7 Å². The smallest absolute Gasteiger partial charge is 0.174 e. The summed E-state index contributed by atoms with van der Waals surface area (Å²) in [6.07, 6.45) is 6.31. The number of nitrogen functional groups attached to an aromatic ring is 1. The third kappa shape index (κ3) is 2.14. The largest absolute Gasteiger partial charge is 0.396 e. The Morgan fingerprint density at radius 1 is 1.62 bits per heavy atom. The van der Waals surface area contributed by atoms with Gasteiger partial charge in [-0.25, -0.2) is 0 Å². The Bertz CT molecular complexity index is 346. The summed E-state index contributed by atoms with van der Waals surface area (Å²) in [5, 5.41) is 13.3. The van der Waals surface area contributed by atoms with Crippen LogP contribution in [0.25, 0.3) is 0 Å². The van der Waals surface area contributed by atoms with Crippen LogP contribution >= 0.6 is 0 Å². The molecule has 1 aliphatic rings. The van der Waals surface area contributed by atoms with Crippen LogP contribution in [0, 0.1) is 0 Å². The molecular formula is C11H20N4O. The van der Waals surface area contributed by atoms with Crippen LogP contribution in [-0.4, -0.2) is 34.1 Å². The molecule has 2 rings (SSSR count). The first kappa shape index (κ1) is 11.3. The lowest BCUT2D eigenvalue weighted by atomic mass is 9.91. The normalized spacial score (nSPS) is 16.1. The van der Waals surface area contributed by atoms with E-state index in [1.54, 1.807) is 4.68 Å². The molecule has 0 radical (unpaired) electrons. The van der Waals surface area contributed by atoms with Crippen molar-refractivity contribution in [2.75, 3.05) is 23.8 Å². The van der Waals surface area contributed by atoms with E-state index in [1.165, 1.54) is 19.3 Å². The van der Waals surface area contributed by atoms with E-state index in [0.717, 1.165) is 24.5 Å². The van der Waals surface area contributed by atoms with Crippen LogP contribution in [0.4, 0.5) is 11.5 Å². The monoisotopic (exact) mass is 224 g/mol. The van der Waals surface area contributed by atoms with Gasteiger partial charge in [-0.3, -0.25) is 4.68 Å². The van der Waals surface area contributed by atoms with Gasteiger partial charge in [0.15, 0.2) is 5.82 Å². The second-order valence-electron chi connectivity index (χ2n) is 4.44. The molecule has 1 fully saturated rings. The number of aliphatic hydroxyl groups is 1. The second kappa shape index (κ2) is 4.74. The fraction of sp³-hybridized carbons (Fsp3) is 0.727. The SMILES string of the molecule is Cn1cc(N)c(N(CCCO)C2CCC2)n1. The predicted molar refractivity (Wildman–Crippen MR) is 64.3 cm³/mol. The van der Waals surface area contributed by atoms with Crippen LogP contribution < -0.4 is 10.6 Å². The number of aliphatic hydroxyl groups excluding tert-OH is 1. The Morgan fingerprint density at radius 3 is 2.81 bits per heavy atom. The molecule has 0 saturated heterocycles. The van der Waals surface area contributed by atoms with Crippen molar-refractivity contribution >= 4 is 11.5 Å². The Hall–Kier alpha value is -1.23. The molecule has 0 aliphatic heterocycles. The van der Waals surface area contributed by atoms with Crippen LogP contribution in [0.5, 0.6) is 0 Å². The van der Waals surface area contributed by atoms with Crippen LogP contribution in [0.15, 0.2) is 6.20 Å². The molecule has 0 unspecified atom stereocenters. The van der Waals surface area contributed by atoms with Crippen molar-refractivity contribution in [3.05, 3.63) is 6.20 Å². The van der Waals surface area contributed by atoms with E-state index in [1.807, 2.05) is 13.2 Å².